The van der Waals surface area contributed by atoms with Crippen LogP contribution in [0.1, 0.15) is 29.5 Å². The van der Waals surface area contributed by atoms with Gasteiger partial charge < -0.3 is 4.74 Å². The molecule has 1 aromatic carbocycles. The molecule has 0 N–H and O–H groups in total. The van der Waals surface area contributed by atoms with Crippen LogP contribution in [-0.2, 0) is 16.0 Å². The van der Waals surface area contributed by atoms with Crippen molar-refractivity contribution in [1.29, 1.82) is 0 Å². The Bertz CT molecular complexity index is 458. The van der Waals surface area contributed by atoms with Crippen molar-refractivity contribution in [3.63, 3.8) is 0 Å². The predicted molar refractivity (Wildman–Crippen MR) is 67.1 cm³/mol. The first-order valence-electron chi connectivity index (χ1n) is 5.63. The number of rotatable bonds is 4. The molecule has 17 heavy (non-hydrogen) atoms. The van der Waals surface area contributed by atoms with Crippen molar-refractivity contribution in [3.05, 3.63) is 40.2 Å². The summed E-state index contributed by atoms with van der Waals surface area (Å²) in [6, 6.07) is 3.83. The fourth-order valence-corrected chi connectivity index (χ4v) is 1.78. The van der Waals surface area contributed by atoms with Crippen molar-refractivity contribution in [3.8, 4) is 0 Å². The highest BCUT2D eigenvalue weighted by Crippen LogP contribution is 2.25. The number of hydrogen-bond acceptors (Lipinski definition) is 2. The molecule has 0 saturated heterocycles. The van der Waals surface area contributed by atoms with Crippen molar-refractivity contribution in [2.45, 2.75) is 33.1 Å². The number of nitrogens with zero attached hydrogens (tertiary/aromatic N) is 1. The van der Waals surface area contributed by atoms with Gasteiger partial charge >= 0.3 is 5.97 Å². The molecule has 90 valence electrons. The molecular formula is C14H17NO2. The average Bonchev–Trinajstić information content (AvgIpc) is 2.34. The van der Waals surface area contributed by atoms with Crippen LogP contribution in [0.25, 0.3) is 4.85 Å². The summed E-state index contributed by atoms with van der Waals surface area (Å²) in [7, 11) is 1.41. The van der Waals surface area contributed by atoms with E-state index in [2.05, 4.69) is 9.58 Å². The zero-order valence-corrected chi connectivity index (χ0v) is 10.5. The highest BCUT2D eigenvalue weighted by molar-refractivity contribution is 5.69. The molecule has 0 aliphatic carbocycles. The Morgan fingerprint density at radius 3 is 2.65 bits per heavy atom. The van der Waals surface area contributed by atoms with Gasteiger partial charge in [0.25, 0.3) is 0 Å². The minimum absolute atomic E-state index is 0.169. The van der Waals surface area contributed by atoms with Crippen molar-refractivity contribution >= 4 is 11.7 Å². The van der Waals surface area contributed by atoms with Crippen LogP contribution in [0.3, 0.4) is 0 Å². The molecule has 0 unspecified atom stereocenters. The van der Waals surface area contributed by atoms with E-state index in [-0.39, 0.29) is 5.97 Å². The number of carbonyl (C=O) groups is 1. The zero-order chi connectivity index (χ0) is 12.8. The topological polar surface area (TPSA) is 30.7 Å². The van der Waals surface area contributed by atoms with E-state index >= 15 is 0 Å². The summed E-state index contributed by atoms with van der Waals surface area (Å²) >= 11 is 0. The van der Waals surface area contributed by atoms with E-state index in [0.29, 0.717) is 12.1 Å². The molecule has 0 saturated carbocycles. The summed E-state index contributed by atoms with van der Waals surface area (Å²) < 4.78 is 4.60. The molecule has 0 aliphatic rings. The quantitative estimate of drug-likeness (QED) is 0.587. The van der Waals surface area contributed by atoms with Gasteiger partial charge in [0.1, 0.15) is 0 Å². The molecule has 0 spiro atoms. The third kappa shape index (κ3) is 3.32. The van der Waals surface area contributed by atoms with Gasteiger partial charge in [-0.25, -0.2) is 4.85 Å². The van der Waals surface area contributed by atoms with Crippen LogP contribution in [-0.4, -0.2) is 13.1 Å². The lowest BCUT2D eigenvalue weighted by atomic mass is 9.97. The van der Waals surface area contributed by atoms with E-state index in [4.69, 9.17) is 6.57 Å². The molecule has 0 atom stereocenters. The Morgan fingerprint density at radius 1 is 1.35 bits per heavy atom. The monoisotopic (exact) mass is 231 g/mol. The number of ether oxygens (including phenoxy) is 1. The normalized spacial score (nSPS) is 9.76. The SMILES string of the molecule is [C-]#[N+]c1ccc(CCCC(=O)OC)c(C)c1C. The summed E-state index contributed by atoms with van der Waals surface area (Å²) in [4.78, 5) is 14.5. The molecule has 3 nitrogen and oxygen atoms in total. The summed E-state index contributed by atoms with van der Waals surface area (Å²) in [6.45, 7) is 11.0. The van der Waals surface area contributed by atoms with Crippen LogP contribution in [0, 0.1) is 20.4 Å². The molecule has 0 bridgehead atoms. The molecule has 0 radical (unpaired) electrons. The molecule has 0 fully saturated rings. The van der Waals surface area contributed by atoms with Crippen LogP contribution in [0.2, 0.25) is 0 Å². The second-order valence-electron chi connectivity index (χ2n) is 4.04. The highest BCUT2D eigenvalue weighted by atomic mass is 16.5. The largest absolute Gasteiger partial charge is 0.469 e. The van der Waals surface area contributed by atoms with Crippen molar-refractivity contribution in [1.82, 2.24) is 0 Å². The van der Waals surface area contributed by atoms with Gasteiger partial charge in [0.2, 0.25) is 0 Å². The van der Waals surface area contributed by atoms with Crippen LogP contribution < -0.4 is 0 Å². The number of esters is 1. The maximum absolute atomic E-state index is 11.0. The standard InChI is InChI=1S/C14H17NO2/c1-10-11(2)13(15-3)9-8-12(10)6-5-7-14(16)17-4/h8-9H,5-7H2,1-2,4H3. The van der Waals surface area contributed by atoms with Gasteiger partial charge in [0, 0.05) is 6.42 Å². The Labute approximate surface area is 102 Å². The zero-order valence-electron chi connectivity index (χ0n) is 10.5. The second kappa shape index (κ2) is 6.05. The Kier molecular flexibility index (Phi) is 4.71. The lowest BCUT2D eigenvalue weighted by Crippen LogP contribution is -2.01. The first-order chi connectivity index (χ1) is 8.10. The fraction of sp³-hybridized carbons (Fsp3) is 0.429. The lowest BCUT2D eigenvalue weighted by Gasteiger charge is -2.09. The van der Waals surface area contributed by atoms with Gasteiger partial charge in [0.05, 0.1) is 13.7 Å². The van der Waals surface area contributed by atoms with Gasteiger partial charge in [-0.1, -0.05) is 17.7 Å². The van der Waals surface area contributed by atoms with E-state index in [1.807, 2.05) is 26.0 Å². The summed E-state index contributed by atoms with van der Waals surface area (Å²) in [6.07, 6.45) is 2.07. The Hall–Kier alpha value is -1.82. The molecule has 0 aliphatic heterocycles. The molecule has 1 rings (SSSR count). The Balaban J connectivity index is 2.71. The van der Waals surface area contributed by atoms with E-state index in [9.17, 15) is 4.79 Å². The number of hydrogen-bond donors (Lipinski definition) is 0. The minimum atomic E-state index is -0.169. The van der Waals surface area contributed by atoms with E-state index in [0.717, 1.165) is 24.0 Å². The fourth-order valence-electron chi connectivity index (χ4n) is 1.78. The molecular weight excluding hydrogens is 214 g/mol. The molecule has 0 amide bonds. The van der Waals surface area contributed by atoms with E-state index in [1.165, 1.54) is 12.7 Å². The van der Waals surface area contributed by atoms with Gasteiger partial charge in [-0.15, -0.1) is 0 Å². The molecule has 3 heteroatoms. The van der Waals surface area contributed by atoms with Crippen LogP contribution in [0.15, 0.2) is 12.1 Å². The van der Waals surface area contributed by atoms with Gasteiger partial charge in [-0.3, -0.25) is 4.79 Å². The van der Waals surface area contributed by atoms with E-state index < -0.39 is 0 Å². The molecule has 1 aromatic rings. The van der Waals surface area contributed by atoms with Crippen LogP contribution >= 0.6 is 0 Å². The Morgan fingerprint density at radius 2 is 2.06 bits per heavy atom. The highest BCUT2D eigenvalue weighted by Gasteiger charge is 2.07. The number of benzene rings is 1. The van der Waals surface area contributed by atoms with Crippen LogP contribution in [0.4, 0.5) is 5.69 Å². The van der Waals surface area contributed by atoms with Gasteiger partial charge in [-0.2, -0.15) is 0 Å². The maximum atomic E-state index is 11.0. The first kappa shape index (κ1) is 13.2. The third-order valence-corrected chi connectivity index (χ3v) is 3.05. The van der Waals surface area contributed by atoms with Crippen molar-refractivity contribution < 1.29 is 9.53 Å². The van der Waals surface area contributed by atoms with E-state index in [1.54, 1.807) is 0 Å². The van der Waals surface area contributed by atoms with Crippen molar-refractivity contribution in [2.24, 2.45) is 0 Å². The summed E-state index contributed by atoms with van der Waals surface area (Å²) in [5.74, 6) is -0.169. The third-order valence-electron chi connectivity index (χ3n) is 3.05. The van der Waals surface area contributed by atoms with Gasteiger partial charge in [0.15, 0.2) is 5.69 Å². The smallest absolute Gasteiger partial charge is 0.305 e. The lowest BCUT2D eigenvalue weighted by molar-refractivity contribution is -0.140. The number of methoxy groups -OCH3 is 1. The maximum Gasteiger partial charge on any atom is 0.305 e. The molecule has 0 heterocycles. The second-order valence-corrected chi connectivity index (χ2v) is 4.04. The summed E-state index contributed by atoms with van der Waals surface area (Å²) in [5, 5.41) is 0. The summed E-state index contributed by atoms with van der Waals surface area (Å²) in [5.41, 5.74) is 4.11. The number of carbonyl (C=O) groups excluding carboxylic acids is 1. The first-order valence-corrected chi connectivity index (χ1v) is 5.63. The van der Waals surface area contributed by atoms with Gasteiger partial charge in [-0.05, 0) is 37.8 Å². The molecule has 0 aromatic heterocycles. The predicted octanol–water partition coefficient (Wildman–Crippen LogP) is 3.35. The number of aryl methyl sites for hydroxylation is 1. The average molecular weight is 231 g/mol. The van der Waals surface area contributed by atoms with Crippen LogP contribution in [0.5, 0.6) is 0 Å². The minimum Gasteiger partial charge on any atom is -0.469 e. The van der Waals surface area contributed by atoms with Crippen molar-refractivity contribution in [2.75, 3.05) is 7.11 Å².